The van der Waals surface area contributed by atoms with E-state index in [1.54, 1.807) is 31.2 Å². The first kappa shape index (κ1) is 14.3. The molecule has 1 aromatic rings. The van der Waals surface area contributed by atoms with Gasteiger partial charge < -0.3 is 19.5 Å². The van der Waals surface area contributed by atoms with Gasteiger partial charge in [0, 0.05) is 0 Å². The van der Waals surface area contributed by atoms with Crippen molar-refractivity contribution in [2.45, 2.75) is 19.1 Å². The van der Waals surface area contributed by atoms with Crippen LogP contribution in [0.5, 0.6) is 5.75 Å². The number of epoxide rings is 1. The summed E-state index contributed by atoms with van der Waals surface area (Å²) in [6.45, 7) is 2.66. The van der Waals surface area contributed by atoms with Crippen molar-refractivity contribution in [3.05, 3.63) is 29.8 Å². The number of hydrogen-bond donors (Lipinski definition) is 1. The number of hydrogen-bond acceptors (Lipinski definition) is 5. The summed E-state index contributed by atoms with van der Waals surface area (Å²) in [5, 5.41) is 2.57. The second-order valence-corrected chi connectivity index (χ2v) is 4.48. The summed E-state index contributed by atoms with van der Waals surface area (Å²) >= 11 is 0. The molecule has 20 heavy (non-hydrogen) atoms. The van der Waals surface area contributed by atoms with Crippen molar-refractivity contribution in [2.75, 3.05) is 20.3 Å². The highest BCUT2D eigenvalue weighted by atomic mass is 16.6. The lowest BCUT2D eigenvalue weighted by Crippen LogP contribution is -2.39. The molecule has 1 N–H and O–H groups in total. The molecule has 6 heteroatoms. The molecule has 2 rings (SSSR count). The molecule has 0 bridgehead atoms. The SMILES string of the molecule is COC(=O)C(C)NC(=O)c1ccccc1OCC1CO1. The molecular formula is C14H17NO5. The Bertz CT molecular complexity index is 498. The van der Waals surface area contributed by atoms with Crippen LogP contribution in [0.15, 0.2) is 24.3 Å². The number of rotatable bonds is 6. The third-order valence-corrected chi connectivity index (χ3v) is 2.86. The van der Waals surface area contributed by atoms with Crippen LogP contribution in [0.25, 0.3) is 0 Å². The first-order chi connectivity index (χ1) is 9.61. The smallest absolute Gasteiger partial charge is 0.328 e. The lowest BCUT2D eigenvalue weighted by molar-refractivity contribution is -0.142. The van der Waals surface area contributed by atoms with Gasteiger partial charge in [0.15, 0.2) is 0 Å². The Morgan fingerprint density at radius 1 is 1.45 bits per heavy atom. The lowest BCUT2D eigenvalue weighted by atomic mass is 10.1. The van der Waals surface area contributed by atoms with E-state index in [9.17, 15) is 9.59 Å². The highest BCUT2D eigenvalue weighted by Crippen LogP contribution is 2.20. The van der Waals surface area contributed by atoms with E-state index in [1.807, 2.05) is 0 Å². The van der Waals surface area contributed by atoms with E-state index in [2.05, 4.69) is 10.1 Å². The van der Waals surface area contributed by atoms with Crippen LogP contribution >= 0.6 is 0 Å². The Hall–Kier alpha value is -2.08. The van der Waals surface area contributed by atoms with Crippen LogP contribution in [0.2, 0.25) is 0 Å². The third-order valence-electron chi connectivity index (χ3n) is 2.86. The zero-order chi connectivity index (χ0) is 14.5. The average molecular weight is 279 g/mol. The van der Waals surface area contributed by atoms with Gasteiger partial charge in [0.2, 0.25) is 0 Å². The van der Waals surface area contributed by atoms with Crippen LogP contribution in [0.3, 0.4) is 0 Å². The minimum atomic E-state index is -0.715. The summed E-state index contributed by atoms with van der Waals surface area (Å²) < 4.78 is 15.2. The summed E-state index contributed by atoms with van der Waals surface area (Å²) in [5.41, 5.74) is 0.379. The molecule has 0 aromatic heterocycles. The van der Waals surface area contributed by atoms with Crippen LogP contribution < -0.4 is 10.1 Å². The molecule has 0 spiro atoms. The van der Waals surface area contributed by atoms with Gasteiger partial charge in [-0.25, -0.2) is 4.79 Å². The van der Waals surface area contributed by atoms with Gasteiger partial charge in [-0.15, -0.1) is 0 Å². The normalized spacial score (nSPS) is 18.0. The molecule has 108 valence electrons. The maximum absolute atomic E-state index is 12.1. The quantitative estimate of drug-likeness (QED) is 0.614. The van der Waals surface area contributed by atoms with Crippen molar-refractivity contribution in [3.63, 3.8) is 0 Å². The number of ether oxygens (including phenoxy) is 3. The molecule has 1 heterocycles. The van der Waals surface area contributed by atoms with Crippen LogP contribution in [0.4, 0.5) is 0 Å². The maximum Gasteiger partial charge on any atom is 0.328 e. The number of esters is 1. The van der Waals surface area contributed by atoms with E-state index in [0.717, 1.165) is 0 Å². The van der Waals surface area contributed by atoms with E-state index in [-0.39, 0.29) is 12.0 Å². The predicted molar refractivity (Wildman–Crippen MR) is 70.6 cm³/mol. The fraction of sp³-hybridized carbons (Fsp3) is 0.429. The van der Waals surface area contributed by atoms with Crippen molar-refractivity contribution in [1.29, 1.82) is 0 Å². The van der Waals surface area contributed by atoms with Gasteiger partial charge >= 0.3 is 5.97 Å². The van der Waals surface area contributed by atoms with E-state index >= 15 is 0 Å². The molecule has 1 aliphatic rings. The van der Waals surface area contributed by atoms with Crippen molar-refractivity contribution in [3.8, 4) is 5.75 Å². The highest BCUT2D eigenvalue weighted by molar-refractivity contribution is 5.98. The largest absolute Gasteiger partial charge is 0.490 e. The average Bonchev–Trinajstić information content (AvgIpc) is 3.28. The zero-order valence-electron chi connectivity index (χ0n) is 11.4. The van der Waals surface area contributed by atoms with E-state index in [0.29, 0.717) is 24.5 Å². The van der Waals surface area contributed by atoms with Gasteiger partial charge in [0.1, 0.15) is 24.5 Å². The van der Waals surface area contributed by atoms with Gasteiger partial charge in [-0.1, -0.05) is 12.1 Å². The van der Waals surface area contributed by atoms with Crippen molar-refractivity contribution >= 4 is 11.9 Å². The lowest BCUT2D eigenvalue weighted by Gasteiger charge is -2.14. The van der Waals surface area contributed by atoms with Crippen molar-refractivity contribution in [1.82, 2.24) is 5.32 Å². The summed E-state index contributed by atoms with van der Waals surface area (Å²) in [5.74, 6) is -0.407. The molecule has 6 nitrogen and oxygen atoms in total. The Balaban J connectivity index is 2.02. The van der Waals surface area contributed by atoms with E-state index < -0.39 is 12.0 Å². The van der Waals surface area contributed by atoms with Gasteiger partial charge in [0.05, 0.1) is 19.3 Å². The molecular weight excluding hydrogens is 262 g/mol. The number of methoxy groups -OCH3 is 1. The Morgan fingerprint density at radius 2 is 2.15 bits per heavy atom. The predicted octanol–water partition coefficient (Wildman–Crippen LogP) is 0.755. The van der Waals surface area contributed by atoms with Crippen molar-refractivity contribution < 1.29 is 23.8 Å². The highest BCUT2D eigenvalue weighted by Gasteiger charge is 2.24. The Morgan fingerprint density at radius 3 is 2.80 bits per heavy atom. The minimum Gasteiger partial charge on any atom is -0.490 e. The number of carbonyl (C=O) groups excluding carboxylic acids is 2. The van der Waals surface area contributed by atoms with Crippen molar-refractivity contribution in [2.24, 2.45) is 0 Å². The van der Waals surface area contributed by atoms with Crippen LogP contribution in [0, 0.1) is 0 Å². The monoisotopic (exact) mass is 279 g/mol. The number of amides is 1. The molecule has 1 amide bonds. The van der Waals surface area contributed by atoms with Crippen LogP contribution in [-0.4, -0.2) is 44.3 Å². The zero-order valence-corrected chi connectivity index (χ0v) is 11.4. The Labute approximate surface area is 117 Å². The van der Waals surface area contributed by atoms with E-state index in [4.69, 9.17) is 9.47 Å². The van der Waals surface area contributed by atoms with Gasteiger partial charge in [0.25, 0.3) is 5.91 Å². The molecule has 0 aliphatic carbocycles. The third kappa shape index (κ3) is 3.71. The number of para-hydroxylation sites is 1. The fourth-order valence-corrected chi connectivity index (χ4v) is 1.64. The van der Waals surface area contributed by atoms with Gasteiger partial charge in [-0.3, -0.25) is 4.79 Å². The molecule has 0 saturated carbocycles. The number of carbonyl (C=O) groups is 2. The first-order valence-corrected chi connectivity index (χ1v) is 6.34. The molecule has 0 radical (unpaired) electrons. The molecule has 2 atom stereocenters. The Kier molecular flexibility index (Phi) is 4.57. The fourth-order valence-electron chi connectivity index (χ4n) is 1.64. The van der Waals surface area contributed by atoms with Crippen LogP contribution in [0.1, 0.15) is 17.3 Å². The first-order valence-electron chi connectivity index (χ1n) is 6.34. The molecule has 1 aromatic carbocycles. The summed E-state index contributed by atoms with van der Waals surface area (Å²) in [6, 6.07) is 6.15. The van der Waals surface area contributed by atoms with Gasteiger partial charge in [-0.05, 0) is 19.1 Å². The summed E-state index contributed by atoms with van der Waals surface area (Å²) in [4.78, 5) is 23.4. The summed E-state index contributed by atoms with van der Waals surface area (Å²) in [7, 11) is 1.28. The second-order valence-electron chi connectivity index (χ2n) is 4.48. The molecule has 2 unspecified atom stereocenters. The standard InChI is InChI=1S/C14H17NO5/c1-9(14(17)18-2)15-13(16)11-5-3-4-6-12(11)20-8-10-7-19-10/h3-6,9-10H,7-8H2,1-2H3,(H,15,16). The number of benzene rings is 1. The summed E-state index contributed by atoms with van der Waals surface area (Å²) in [6.07, 6.45) is 0.111. The van der Waals surface area contributed by atoms with Crippen LogP contribution in [-0.2, 0) is 14.3 Å². The minimum absolute atomic E-state index is 0.111. The maximum atomic E-state index is 12.1. The number of nitrogens with one attached hydrogen (secondary N) is 1. The topological polar surface area (TPSA) is 77.2 Å². The van der Waals surface area contributed by atoms with Gasteiger partial charge in [-0.2, -0.15) is 0 Å². The second kappa shape index (κ2) is 6.38. The molecule has 1 saturated heterocycles. The van der Waals surface area contributed by atoms with E-state index in [1.165, 1.54) is 7.11 Å². The molecule has 1 fully saturated rings. The molecule has 1 aliphatic heterocycles.